The van der Waals surface area contributed by atoms with E-state index in [1.165, 1.54) is 24.2 Å². The molecule has 1 saturated heterocycles. The first-order valence-electron chi connectivity index (χ1n) is 12.4. The second kappa shape index (κ2) is 9.99. The maximum absolute atomic E-state index is 13.7. The Kier molecular flexibility index (Phi) is 7.26. The van der Waals surface area contributed by atoms with E-state index in [2.05, 4.69) is 5.32 Å². The molecule has 9 heteroatoms. The number of carbonyl (C=O) groups is 4. The summed E-state index contributed by atoms with van der Waals surface area (Å²) in [7, 11) is 0. The van der Waals surface area contributed by atoms with Gasteiger partial charge in [-0.25, -0.2) is 4.79 Å². The quantitative estimate of drug-likeness (QED) is 0.388. The van der Waals surface area contributed by atoms with Gasteiger partial charge in [0, 0.05) is 25.9 Å². The summed E-state index contributed by atoms with van der Waals surface area (Å²) in [5, 5.41) is 12.8. The second-order valence-corrected chi connectivity index (χ2v) is 10.4. The van der Waals surface area contributed by atoms with Crippen molar-refractivity contribution in [3.05, 3.63) is 0 Å². The number of hydrogen-bond donors (Lipinski definition) is 2. The van der Waals surface area contributed by atoms with Gasteiger partial charge in [-0.15, -0.1) is 0 Å². The molecule has 9 nitrogen and oxygen atoms in total. The number of ether oxygens (including phenoxy) is 2. The molecular formula is C24H36N2O7. The number of rotatable bonds is 9. The van der Waals surface area contributed by atoms with Gasteiger partial charge in [-0.1, -0.05) is 0 Å². The van der Waals surface area contributed by atoms with Crippen LogP contribution in [0.25, 0.3) is 0 Å². The summed E-state index contributed by atoms with van der Waals surface area (Å²) in [5.41, 5.74) is -0.395. The minimum atomic E-state index is -0.850. The van der Waals surface area contributed by atoms with E-state index >= 15 is 0 Å². The minimum Gasteiger partial charge on any atom is -0.466 e. The van der Waals surface area contributed by atoms with E-state index in [0.717, 1.165) is 19.3 Å². The number of aliphatic hydroxyl groups is 1. The van der Waals surface area contributed by atoms with E-state index in [9.17, 15) is 24.3 Å². The highest BCUT2D eigenvalue weighted by Crippen LogP contribution is 2.60. The zero-order valence-electron chi connectivity index (χ0n) is 19.4. The Balaban J connectivity index is 1.27. The molecule has 5 rings (SSSR count). The first-order valence-corrected chi connectivity index (χ1v) is 12.4. The van der Waals surface area contributed by atoms with Gasteiger partial charge in [-0.2, -0.15) is 0 Å². The molecule has 2 atom stereocenters. The van der Waals surface area contributed by atoms with Gasteiger partial charge >= 0.3 is 11.9 Å². The molecule has 4 aliphatic carbocycles. The van der Waals surface area contributed by atoms with Crippen molar-refractivity contribution in [2.75, 3.05) is 26.3 Å². The van der Waals surface area contributed by atoms with Crippen LogP contribution in [0.15, 0.2) is 0 Å². The molecule has 4 bridgehead atoms. The number of amides is 2. The maximum atomic E-state index is 13.7. The van der Waals surface area contributed by atoms with Crippen LogP contribution in [0.5, 0.6) is 0 Å². The van der Waals surface area contributed by atoms with Crippen LogP contribution in [0.4, 0.5) is 0 Å². The lowest BCUT2D eigenvalue weighted by Crippen LogP contribution is -2.56. The number of aliphatic hydroxyl groups excluding tert-OH is 1. The van der Waals surface area contributed by atoms with E-state index in [-0.39, 0.29) is 37.8 Å². The van der Waals surface area contributed by atoms with Gasteiger partial charge in [0.1, 0.15) is 6.04 Å². The monoisotopic (exact) mass is 464 g/mol. The SMILES string of the molecule is CCOC(=O)CCCNC(=O)COC(=O)[C@@H]1CC(O)CN1C(=O)C12CC3CC(CC(C3)C1)C2. The number of β-amino-alcohol motifs (C(OH)–C–C–N with tert-alkyl or cyclic N) is 1. The van der Waals surface area contributed by atoms with Crippen LogP contribution in [0.3, 0.4) is 0 Å². The number of likely N-dealkylation sites (tertiary alicyclic amines) is 1. The third-order valence-corrected chi connectivity index (χ3v) is 7.83. The smallest absolute Gasteiger partial charge is 0.329 e. The van der Waals surface area contributed by atoms with Crippen molar-refractivity contribution in [1.29, 1.82) is 0 Å². The van der Waals surface area contributed by atoms with Gasteiger partial charge in [-0.3, -0.25) is 14.4 Å². The molecule has 1 unspecified atom stereocenters. The molecule has 33 heavy (non-hydrogen) atoms. The summed E-state index contributed by atoms with van der Waals surface area (Å²) < 4.78 is 10.0. The van der Waals surface area contributed by atoms with Crippen LogP contribution < -0.4 is 5.32 Å². The largest absolute Gasteiger partial charge is 0.466 e. The Labute approximate surface area is 194 Å². The van der Waals surface area contributed by atoms with Crippen molar-refractivity contribution in [2.24, 2.45) is 23.2 Å². The molecule has 0 spiro atoms. The number of nitrogens with zero attached hydrogens (tertiary/aromatic N) is 1. The Morgan fingerprint density at radius 3 is 2.24 bits per heavy atom. The molecule has 184 valence electrons. The minimum absolute atomic E-state index is 0.0106. The molecule has 0 aromatic rings. The molecule has 5 aliphatic rings. The lowest BCUT2D eigenvalue weighted by molar-refractivity contribution is -0.166. The lowest BCUT2D eigenvalue weighted by Gasteiger charge is -2.56. The summed E-state index contributed by atoms with van der Waals surface area (Å²) in [5.74, 6) is 0.364. The van der Waals surface area contributed by atoms with E-state index in [1.54, 1.807) is 6.92 Å². The van der Waals surface area contributed by atoms with Crippen LogP contribution >= 0.6 is 0 Å². The molecule has 0 aromatic carbocycles. The highest BCUT2D eigenvalue weighted by atomic mass is 16.5. The van der Waals surface area contributed by atoms with Crippen LogP contribution in [-0.2, 0) is 28.7 Å². The predicted octanol–water partition coefficient (Wildman–Crippen LogP) is 1.17. The first kappa shape index (κ1) is 24.0. The second-order valence-electron chi connectivity index (χ2n) is 10.4. The fraction of sp³-hybridized carbons (Fsp3) is 0.833. The Bertz CT molecular complexity index is 747. The Morgan fingerprint density at radius 2 is 1.64 bits per heavy atom. The number of hydrogen-bond acceptors (Lipinski definition) is 7. The highest BCUT2D eigenvalue weighted by molar-refractivity contribution is 5.90. The Morgan fingerprint density at radius 1 is 1.00 bits per heavy atom. The van der Waals surface area contributed by atoms with Crippen molar-refractivity contribution in [3.8, 4) is 0 Å². The summed E-state index contributed by atoms with van der Waals surface area (Å²) in [6.45, 7) is 2.01. The topological polar surface area (TPSA) is 122 Å². The zero-order chi connectivity index (χ0) is 23.6. The maximum Gasteiger partial charge on any atom is 0.329 e. The zero-order valence-corrected chi connectivity index (χ0v) is 19.4. The van der Waals surface area contributed by atoms with E-state index in [1.807, 2.05) is 0 Å². The molecule has 5 fully saturated rings. The highest BCUT2D eigenvalue weighted by Gasteiger charge is 2.57. The summed E-state index contributed by atoms with van der Waals surface area (Å²) in [6, 6.07) is -0.850. The fourth-order valence-electron chi connectivity index (χ4n) is 6.92. The van der Waals surface area contributed by atoms with Gasteiger partial charge < -0.3 is 24.8 Å². The third kappa shape index (κ3) is 5.34. The van der Waals surface area contributed by atoms with Crippen LogP contribution in [0.1, 0.15) is 64.7 Å². The van der Waals surface area contributed by atoms with E-state index in [4.69, 9.17) is 9.47 Å². The fourth-order valence-corrected chi connectivity index (χ4v) is 6.92. The van der Waals surface area contributed by atoms with E-state index in [0.29, 0.717) is 30.8 Å². The van der Waals surface area contributed by atoms with Gasteiger partial charge in [-0.05, 0) is 69.6 Å². The molecule has 4 saturated carbocycles. The molecule has 0 aromatic heterocycles. The van der Waals surface area contributed by atoms with Gasteiger partial charge in [0.15, 0.2) is 6.61 Å². The van der Waals surface area contributed by atoms with Crippen molar-refractivity contribution in [2.45, 2.75) is 76.9 Å². The van der Waals surface area contributed by atoms with Gasteiger partial charge in [0.05, 0.1) is 18.1 Å². The standard InChI is InChI=1S/C24H36N2O7/c1-2-32-21(29)4-3-5-25-20(28)14-33-22(30)19-9-18(27)13-26(19)23(31)24-10-15-6-16(11-24)8-17(7-15)12-24/h15-19,27H,2-14H2,1H3,(H,25,28)/t15?,16?,17?,18?,19-,24?/m0/s1. The first-order chi connectivity index (χ1) is 15.8. The molecular weight excluding hydrogens is 428 g/mol. The predicted molar refractivity (Wildman–Crippen MR) is 117 cm³/mol. The average Bonchev–Trinajstić information content (AvgIpc) is 3.15. The average molecular weight is 465 g/mol. The summed E-state index contributed by atoms with van der Waals surface area (Å²) >= 11 is 0. The van der Waals surface area contributed by atoms with Crippen LogP contribution in [0.2, 0.25) is 0 Å². The molecule has 2 amide bonds. The van der Waals surface area contributed by atoms with Crippen molar-refractivity contribution in [1.82, 2.24) is 10.2 Å². The lowest BCUT2D eigenvalue weighted by atomic mass is 9.49. The summed E-state index contributed by atoms with van der Waals surface area (Å²) in [4.78, 5) is 51.3. The molecule has 1 aliphatic heterocycles. The normalized spacial score (nSPS) is 34.2. The Hall–Kier alpha value is -2.16. The number of carbonyl (C=O) groups excluding carboxylic acids is 4. The van der Waals surface area contributed by atoms with Crippen molar-refractivity contribution in [3.63, 3.8) is 0 Å². The van der Waals surface area contributed by atoms with Crippen molar-refractivity contribution < 1.29 is 33.8 Å². The number of esters is 2. The van der Waals surface area contributed by atoms with E-state index < -0.39 is 36.0 Å². The number of nitrogens with one attached hydrogen (secondary N) is 1. The van der Waals surface area contributed by atoms with Crippen LogP contribution in [0, 0.1) is 23.2 Å². The molecule has 1 heterocycles. The summed E-state index contributed by atoms with van der Waals surface area (Å²) in [6.07, 6.45) is 6.33. The third-order valence-electron chi connectivity index (χ3n) is 7.83. The van der Waals surface area contributed by atoms with Crippen molar-refractivity contribution >= 4 is 23.8 Å². The van der Waals surface area contributed by atoms with Gasteiger partial charge in [0.2, 0.25) is 5.91 Å². The molecule has 2 N–H and O–H groups in total. The molecule has 0 radical (unpaired) electrons. The van der Waals surface area contributed by atoms with Crippen LogP contribution in [-0.4, -0.2) is 72.2 Å². The van der Waals surface area contributed by atoms with Gasteiger partial charge in [0.25, 0.3) is 5.91 Å².